The molecule has 1 nitrogen and oxygen atoms in total. The van der Waals surface area contributed by atoms with Crippen molar-refractivity contribution >= 4 is 5.78 Å². The maximum absolute atomic E-state index is 12.9. The van der Waals surface area contributed by atoms with E-state index < -0.39 is 34.8 Å². The molecular weight excluding hydrogens is 236 g/mol. The number of Topliss-reactive ketones (excluding diaryl/α,β-unsaturated/α-hetero) is 1. The topological polar surface area (TPSA) is 17.1 Å². The molecule has 1 rings (SSSR count). The van der Waals surface area contributed by atoms with Crippen LogP contribution in [0.1, 0.15) is 36.2 Å². The Hall–Kier alpha value is -1.39. The fraction of sp³-hybridized carbons (Fsp3) is 0.417. The van der Waals surface area contributed by atoms with E-state index in [4.69, 9.17) is 0 Å². The van der Waals surface area contributed by atoms with Crippen LogP contribution in [-0.4, -0.2) is 5.78 Å². The standard InChI is InChI=1S/C12H12F4O/c1-3-7(2)11(17)9-6-8(13)4-5-10(9)12(14,15)16/h4-7H,3H2,1-2H3. The van der Waals surface area contributed by atoms with Gasteiger partial charge in [0.15, 0.2) is 5.78 Å². The van der Waals surface area contributed by atoms with Crippen molar-refractivity contribution in [1.29, 1.82) is 0 Å². The molecule has 1 aromatic rings. The summed E-state index contributed by atoms with van der Waals surface area (Å²) in [7, 11) is 0. The molecule has 0 fully saturated rings. The summed E-state index contributed by atoms with van der Waals surface area (Å²) < 4.78 is 50.8. The molecule has 0 aliphatic carbocycles. The van der Waals surface area contributed by atoms with Crippen LogP contribution in [0.15, 0.2) is 18.2 Å². The van der Waals surface area contributed by atoms with Gasteiger partial charge in [0.25, 0.3) is 0 Å². The summed E-state index contributed by atoms with van der Waals surface area (Å²) in [6, 6.07) is 1.96. The van der Waals surface area contributed by atoms with Crippen molar-refractivity contribution in [3.8, 4) is 0 Å². The number of halogens is 4. The number of hydrogen-bond acceptors (Lipinski definition) is 1. The van der Waals surface area contributed by atoms with E-state index in [0.717, 1.165) is 0 Å². The van der Waals surface area contributed by atoms with E-state index in [0.29, 0.717) is 24.6 Å². The van der Waals surface area contributed by atoms with Crippen molar-refractivity contribution in [3.05, 3.63) is 35.1 Å². The zero-order valence-corrected chi connectivity index (χ0v) is 9.44. The van der Waals surface area contributed by atoms with E-state index in [-0.39, 0.29) is 0 Å². The molecule has 1 aromatic carbocycles. The number of hydrogen-bond donors (Lipinski definition) is 0. The van der Waals surface area contributed by atoms with Gasteiger partial charge in [-0.25, -0.2) is 4.39 Å². The van der Waals surface area contributed by atoms with Gasteiger partial charge in [0.1, 0.15) is 5.82 Å². The second-order valence-electron chi connectivity index (χ2n) is 3.86. The average molecular weight is 248 g/mol. The third-order valence-electron chi connectivity index (χ3n) is 2.61. The Morgan fingerprint density at radius 1 is 1.35 bits per heavy atom. The Morgan fingerprint density at radius 2 is 1.94 bits per heavy atom. The van der Waals surface area contributed by atoms with Crippen molar-refractivity contribution in [2.75, 3.05) is 0 Å². The van der Waals surface area contributed by atoms with Crippen molar-refractivity contribution < 1.29 is 22.4 Å². The minimum absolute atomic E-state index is 0.409. The quantitative estimate of drug-likeness (QED) is 0.582. The third-order valence-corrected chi connectivity index (χ3v) is 2.61. The molecule has 1 atom stereocenters. The third kappa shape index (κ3) is 3.05. The molecule has 5 heteroatoms. The molecule has 0 saturated carbocycles. The number of carbonyl (C=O) groups excluding carboxylic acids is 1. The second kappa shape index (κ2) is 4.85. The molecule has 0 aliphatic heterocycles. The van der Waals surface area contributed by atoms with Gasteiger partial charge in [-0.3, -0.25) is 4.79 Å². The van der Waals surface area contributed by atoms with Gasteiger partial charge in [-0.1, -0.05) is 13.8 Å². The zero-order valence-electron chi connectivity index (χ0n) is 9.44. The van der Waals surface area contributed by atoms with E-state index in [1.165, 1.54) is 6.92 Å². The van der Waals surface area contributed by atoms with E-state index in [1.54, 1.807) is 6.92 Å². The molecule has 0 radical (unpaired) electrons. The van der Waals surface area contributed by atoms with Gasteiger partial charge >= 0.3 is 6.18 Å². The van der Waals surface area contributed by atoms with Crippen molar-refractivity contribution in [2.45, 2.75) is 26.4 Å². The molecule has 0 amide bonds. The van der Waals surface area contributed by atoms with Gasteiger partial charge in [-0.15, -0.1) is 0 Å². The van der Waals surface area contributed by atoms with Gasteiger partial charge < -0.3 is 0 Å². The minimum atomic E-state index is -4.65. The summed E-state index contributed by atoms with van der Waals surface area (Å²) in [5.74, 6) is -2.08. The SMILES string of the molecule is CCC(C)C(=O)c1cc(F)ccc1C(F)(F)F. The molecule has 0 bridgehead atoms. The Balaban J connectivity index is 3.30. The summed E-state index contributed by atoms with van der Waals surface area (Å²) in [4.78, 5) is 11.7. The van der Waals surface area contributed by atoms with Gasteiger partial charge in [-0.05, 0) is 24.6 Å². The van der Waals surface area contributed by atoms with Gasteiger partial charge in [0, 0.05) is 11.5 Å². The second-order valence-corrected chi connectivity index (χ2v) is 3.86. The maximum atomic E-state index is 12.9. The van der Waals surface area contributed by atoms with E-state index in [9.17, 15) is 22.4 Å². The maximum Gasteiger partial charge on any atom is 0.417 e. The van der Waals surface area contributed by atoms with Crippen LogP contribution in [0.2, 0.25) is 0 Å². The number of benzene rings is 1. The fourth-order valence-corrected chi connectivity index (χ4v) is 1.42. The van der Waals surface area contributed by atoms with Crippen LogP contribution in [0.5, 0.6) is 0 Å². The molecule has 0 spiro atoms. The molecule has 0 aliphatic rings. The largest absolute Gasteiger partial charge is 0.417 e. The smallest absolute Gasteiger partial charge is 0.294 e. The molecule has 1 unspecified atom stereocenters. The van der Waals surface area contributed by atoms with E-state index in [1.807, 2.05) is 0 Å². The van der Waals surface area contributed by atoms with Crippen molar-refractivity contribution in [1.82, 2.24) is 0 Å². The molecule has 17 heavy (non-hydrogen) atoms. The van der Waals surface area contributed by atoms with Gasteiger partial charge in [-0.2, -0.15) is 13.2 Å². The fourth-order valence-electron chi connectivity index (χ4n) is 1.42. The normalized spacial score (nSPS) is 13.5. The summed E-state index contributed by atoms with van der Waals surface area (Å²) in [6.07, 6.45) is -4.24. The molecule has 0 N–H and O–H groups in total. The summed E-state index contributed by atoms with van der Waals surface area (Å²) in [6.45, 7) is 3.21. The first-order chi connectivity index (χ1) is 7.77. The highest BCUT2D eigenvalue weighted by Gasteiger charge is 2.35. The highest BCUT2D eigenvalue weighted by atomic mass is 19.4. The van der Waals surface area contributed by atoms with Crippen LogP contribution in [0, 0.1) is 11.7 Å². The Morgan fingerprint density at radius 3 is 2.41 bits per heavy atom. The highest BCUT2D eigenvalue weighted by molar-refractivity contribution is 5.99. The van der Waals surface area contributed by atoms with Crippen LogP contribution in [0.3, 0.4) is 0 Å². The highest BCUT2D eigenvalue weighted by Crippen LogP contribution is 2.33. The minimum Gasteiger partial charge on any atom is -0.294 e. The molecule has 0 aromatic heterocycles. The van der Waals surface area contributed by atoms with Crippen LogP contribution in [0.4, 0.5) is 17.6 Å². The number of carbonyl (C=O) groups is 1. The first-order valence-corrected chi connectivity index (χ1v) is 5.18. The Labute approximate surface area is 96.4 Å². The average Bonchev–Trinajstić information content (AvgIpc) is 2.25. The van der Waals surface area contributed by atoms with Gasteiger partial charge in [0.05, 0.1) is 5.56 Å². The lowest BCUT2D eigenvalue weighted by Gasteiger charge is -2.14. The monoisotopic (exact) mass is 248 g/mol. The van der Waals surface area contributed by atoms with Gasteiger partial charge in [0.2, 0.25) is 0 Å². The Kier molecular flexibility index (Phi) is 3.91. The van der Waals surface area contributed by atoms with Crippen LogP contribution < -0.4 is 0 Å². The van der Waals surface area contributed by atoms with Crippen LogP contribution in [-0.2, 0) is 6.18 Å². The lowest BCUT2D eigenvalue weighted by atomic mass is 9.93. The van der Waals surface area contributed by atoms with Crippen LogP contribution in [0.25, 0.3) is 0 Å². The molecule has 0 saturated heterocycles. The van der Waals surface area contributed by atoms with E-state index in [2.05, 4.69) is 0 Å². The Bertz CT molecular complexity index is 423. The summed E-state index contributed by atoms with van der Waals surface area (Å²) in [5.41, 5.74) is -1.67. The zero-order chi connectivity index (χ0) is 13.2. The first kappa shape index (κ1) is 13.7. The van der Waals surface area contributed by atoms with Crippen molar-refractivity contribution in [3.63, 3.8) is 0 Å². The number of ketones is 1. The van der Waals surface area contributed by atoms with Crippen LogP contribution >= 0.6 is 0 Å². The van der Waals surface area contributed by atoms with E-state index >= 15 is 0 Å². The number of rotatable bonds is 3. The molecule has 94 valence electrons. The summed E-state index contributed by atoms with van der Waals surface area (Å²) in [5, 5.41) is 0. The molecular formula is C12H12F4O. The lowest BCUT2D eigenvalue weighted by Crippen LogP contribution is -2.18. The predicted molar refractivity (Wildman–Crippen MR) is 55.2 cm³/mol. The number of alkyl halides is 3. The lowest BCUT2D eigenvalue weighted by molar-refractivity contribution is -0.138. The van der Waals surface area contributed by atoms with Crippen molar-refractivity contribution in [2.24, 2.45) is 5.92 Å². The first-order valence-electron chi connectivity index (χ1n) is 5.18. The summed E-state index contributed by atoms with van der Waals surface area (Å²) >= 11 is 0. The predicted octanol–water partition coefficient (Wildman–Crippen LogP) is 4.07. The molecule has 0 heterocycles.